The van der Waals surface area contributed by atoms with Gasteiger partial charge in [-0.3, -0.25) is 9.59 Å². The quantitative estimate of drug-likeness (QED) is 0.455. The number of benzene rings is 2. The summed E-state index contributed by atoms with van der Waals surface area (Å²) in [5, 5.41) is 5.07. The molecule has 6 nitrogen and oxygen atoms in total. The number of nitrogens with one attached hydrogen (secondary N) is 2. The van der Waals surface area contributed by atoms with E-state index in [9.17, 15) is 22.8 Å². The van der Waals surface area contributed by atoms with Gasteiger partial charge in [-0.05, 0) is 42.8 Å². The van der Waals surface area contributed by atoms with Gasteiger partial charge in [-0.25, -0.2) is 4.39 Å². The Hall–Kier alpha value is -3.49. The van der Waals surface area contributed by atoms with Crippen LogP contribution in [0.15, 0.2) is 48.5 Å². The molecular formula is C21H21F3N2O4. The first-order chi connectivity index (χ1) is 14.4. The third-order valence-electron chi connectivity index (χ3n) is 3.74. The van der Waals surface area contributed by atoms with Gasteiger partial charge >= 0.3 is 6.61 Å². The summed E-state index contributed by atoms with van der Waals surface area (Å²) in [6.07, 6.45) is 2.72. The van der Waals surface area contributed by atoms with Crippen LogP contribution in [0.25, 0.3) is 6.08 Å². The molecular weight excluding hydrogens is 401 g/mol. The highest BCUT2D eigenvalue weighted by molar-refractivity contribution is 5.94. The van der Waals surface area contributed by atoms with Crippen molar-refractivity contribution in [1.29, 1.82) is 0 Å². The molecule has 0 saturated carbocycles. The van der Waals surface area contributed by atoms with Crippen LogP contribution < -0.4 is 20.1 Å². The van der Waals surface area contributed by atoms with Crippen LogP contribution in [0.2, 0.25) is 0 Å². The third kappa shape index (κ3) is 7.16. The van der Waals surface area contributed by atoms with Crippen molar-refractivity contribution in [3.63, 3.8) is 0 Å². The summed E-state index contributed by atoms with van der Waals surface area (Å²) in [5.74, 6) is -1.60. The summed E-state index contributed by atoms with van der Waals surface area (Å²) >= 11 is 0. The first-order valence-electron chi connectivity index (χ1n) is 9.11. The Labute approximate surface area is 171 Å². The fourth-order valence-electron chi connectivity index (χ4n) is 2.42. The molecule has 30 heavy (non-hydrogen) atoms. The average molecular weight is 422 g/mol. The summed E-state index contributed by atoms with van der Waals surface area (Å²) in [5.41, 5.74) is 0.469. The van der Waals surface area contributed by atoms with Gasteiger partial charge in [0, 0.05) is 19.2 Å². The second-order valence-electron chi connectivity index (χ2n) is 5.88. The Kier molecular flexibility index (Phi) is 8.74. The largest absolute Gasteiger partial charge is 0.490 e. The fourth-order valence-corrected chi connectivity index (χ4v) is 2.42. The molecule has 0 atom stereocenters. The maximum Gasteiger partial charge on any atom is 0.387 e. The number of carbonyl (C=O) groups excluding carboxylic acids is 2. The van der Waals surface area contributed by atoms with Gasteiger partial charge in [0.1, 0.15) is 5.82 Å². The number of halogens is 3. The number of rotatable bonds is 10. The molecule has 0 bridgehead atoms. The molecule has 0 saturated heterocycles. The molecule has 2 amide bonds. The predicted octanol–water partition coefficient (Wildman–Crippen LogP) is 3.39. The lowest BCUT2D eigenvalue weighted by molar-refractivity contribution is -0.116. The summed E-state index contributed by atoms with van der Waals surface area (Å²) in [6, 6.07) is 9.87. The van der Waals surface area contributed by atoms with Crippen molar-refractivity contribution >= 4 is 17.9 Å². The molecule has 0 aromatic heterocycles. The number of ether oxygens (including phenoxy) is 2. The molecule has 2 N–H and O–H groups in total. The molecule has 0 radical (unpaired) electrons. The van der Waals surface area contributed by atoms with Gasteiger partial charge in [0.2, 0.25) is 5.91 Å². The molecule has 160 valence electrons. The molecule has 0 unspecified atom stereocenters. The lowest BCUT2D eigenvalue weighted by atomic mass is 10.2. The minimum atomic E-state index is -2.98. The first kappa shape index (κ1) is 22.8. The third-order valence-corrected chi connectivity index (χ3v) is 3.74. The Morgan fingerprint density at radius 3 is 2.50 bits per heavy atom. The standard InChI is InChI=1S/C21H21F3N2O4/c1-2-29-18-13-14(7-9-17(18)30-21(23)24)8-10-19(27)25-11-12-26-20(28)15-5-3-4-6-16(15)22/h3-10,13,21H,2,11-12H2,1H3,(H,25,27)(H,26,28). The summed E-state index contributed by atoms with van der Waals surface area (Å²) in [4.78, 5) is 23.7. The van der Waals surface area contributed by atoms with E-state index < -0.39 is 24.2 Å². The Bertz CT molecular complexity index is 904. The number of amides is 2. The van der Waals surface area contributed by atoms with E-state index in [0.29, 0.717) is 5.56 Å². The topological polar surface area (TPSA) is 76.7 Å². The molecule has 9 heteroatoms. The average Bonchev–Trinajstić information content (AvgIpc) is 2.71. The van der Waals surface area contributed by atoms with Crippen LogP contribution in [0.3, 0.4) is 0 Å². The second kappa shape index (κ2) is 11.5. The van der Waals surface area contributed by atoms with Gasteiger partial charge in [-0.1, -0.05) is 18.2 Å². The normalized spacial score (nSPS) is 10.8. The minimum Gasteiger partial charge on any atom is -0.490 e. The maximum atomic E-state index is 13.5. The summed E-state index contributed by atoms with van der Waals surface area (Å²) in [7, 11) is 0. The van der Waals surface area contributed by atoms with Gasteiger partial charge in [0.25, 0.3) is 5.91 Å². The zero-order valence-corrected chi connectivity index (χ0v) is 16.2. The Balaban J connectivity index is 1.83. The molecule has 0 fully saturated rings. The van der Waals surface area contributed by atoms with Gasteiger partial charge in [0.05, 0.1) is 12.2 Å². The van der Waals surface area contributed by atoms with E-state index in [1.54, 1.807) is 13.0 Å². The van der Waals surface area contributed by atoms with E-state index in [4.69, 9.17) is 4.74 Å². The lowest BCUT2D eigenvalue weighted by Gasteiger charge is -2.11. The van der Waals surface area contributed by atoms with Crippen molar-refractivity contribution in [1.82, 2.24) is 10.6 Å². The second-order valence-corrected chi connectivity index (χ2v) is 5.88. The number of hydrogen-bond acceptors (Lipinski definition) is 4. The molecule has 0 heterocycles. The van der Waals surface area contributed by atoms with Crippen LogP contribution in [0, 0.1) is 5.82 Å². The SMILES string of the molecule is CCOc1cc(C=CC(=O)NCCNC(=O)c2ccccc2F)ccc1OC(F)F. The lowest BCUT2D eigenvalue weighted by Crippen LogP contribution is -2.34. The molecule has 0 aliphatic carbocycles. The van der Waals surface area contributed by atoms with E-state index in [1.807, 2.05) is 0 Å². The highest BCUT2D eigenvalue weighted by Crippen LogP contribution is 2.30. The van der Waals surface area contributed by atoms with Crippen molar-refractivity contribution in [2.24, 2.45) is 0 Å². The van der Waals surface area contributed by atoms with Crippen molar-refractivity contribution < 1.29 is 32.2 Å². The molecule has 0 aliphatic rings. The Morgan fingerprint density at radius 1 is 1.07 bits per heavy atom. The monoisotopic (exact) mass is 422 g/mol. The van der Waals surface area contributed by atoms with Crippen LogP contribution in [0.4, 0.5) is 13.2 Å². The first-order valence-corrected chi connectivity index (χ1v) is 9.11. The number of carbonyl (C=O) groups is 2. The highest BCUT2D eigenvalue weighted by Gasteiger charge is 2.11. The van der Waals surface area contributed by atoms with Crippen molar-refractivity contribution in [2.45, 2.75) is 13.5 Å². The summed E-state index contributed by atoms with van der Waals surface area (Å²) < 4.78 is 48.0. The van der Waals surface area contributed by atoms with E-state index in [-0.39, 0.29) is 36.8 Å². The zero-order valence-electron chi connectivity index (χ0n) is 16.2. The van der Waals surface area contributed by atoms with E-state index in [1.165, 1.54) is 48.6 Å². The Morgan fingerprint density at radius 2 is 1.80 bits per heavy atom. The highest BCUT2D eigenvalue weighted by atomic mass is 19.3. The van der Waals surface area contributed by atoms with Crippen LogP contribution in [0.1, 0.15) is 22.8 Å². The molecule has 2 aromatic rings. The van der Waals surface area contributed by atoms with Gasteiger partial charge in [0.15, 0.2) is 11.5 Å². The van der Waals surface area contributed by atoms with Crippen LogP contribution in [0.5, 0.6) is 11.5 Å². The number of alkyl halides is 2. The molecule has 2 rings (SSSR count). The van der Waals surface area contributed by atoms with E-state index in [2.05, 4.69) is 15.4 Å². The van der Waals surface area contributed by atoms with Gasteiger partial charge in [-0.15, -0.1) is 0 Å². The van der Waals surface area contributed by atoms with Gasteiger partial charge < -0.3 is 20.1 Å². The zero-order chi connectivity index (χ0) is 21.9. The maximum absolute atomic E-state index is 13.5. The fraction of sp³-hybridized carbons (Fsp3) is 0.238. The van der Waals surface area contributed by atoms with E-state index >= 15 is 0 Å². The predicted molar refractivity (Wildman–Crippen MR) is 105 cm³/mol. The molecule has 0 spiro atoms. The van der Waals surface area contributed by atoms with Crippen molar-refractivity contribution in [3.8, 4) is 11.5 Å². The van der Waals surface area contributed by atoms with Crippen LogP contribution >= 0.6 is 0 Å². The minimum absolute atomic E-state index is 0.0758. The smallest absolute Gasteiger partial charge is 0.387 e. The van der Waals surface area contributed by atoms with Crippen molar-refractivity contribution in [2.75, 3.05) is 19.7 Å². The molecule has 0 aliphatic heterocycles. The van der Waals surface area contributed by atoms with E-state index in [0.717, 1.165) is 0 Å². The van der Waals surface area contributed by atoms with Gasteiger partial charge in [-0.2, -0.15) is 8.78 Å². The van der Waals surface area contributed by atoms with Crippen LogP contribution in [-0.2, 0) is 4.79 Å². The number of hydrogen-bond donors (Lipinski definition) is 2. The van der Waals surface area contributed by atoms with Crippen molar-refractivity contribution in [3.05, 3.63) is 65.5 Å². The van der Waals surface area contributed by atoms with Crippen LogP contribution in [-0.4, -0.2) is 38.1 Å². The summed E-state index contributed by atoms with van der Waals surface area (Å²) in [6.45, 7) is -0.774. The molecule has 2 aromatic carbocycles.